The van der Waals surface area contributed by atoms with E-state index < -0.39 is 0 Å². The van der Waals surface area contributed by atoms with Crippen molar-refractivity contribution in [1.82, 2.24) is 4.98 Å². The van der Waals surface area contributed by atoms with E-state index in [0.29, 0.717) is 0 Å². The van der Waals surface area contributed by atoms with Gasteiger partial charge in [-0.2, -0.15) is 0 Å². The van der Waals surface area contributed by atoms with Gasteiger partial charge in [-0.25, -0.2) is 4.98 Å². The topological polar surface area (TPSA) is 24.9 Å². The summed E-state index contributed by atoms with van der Waals surface area (Å²) < 4.78 is 0. The number of aromatic nitrogens is 1. The summed E-state index contributed by atoms with van der Waals surface area (Å²) in [6.45, 7) is 4.01. The smallest absolute Gasteiger partial charge is 0.130 e. The van der Waals surface area contributed by atoms with Crippen LogP contribution in [0.15, 0.2) is 42.6 Å². The molecule has 1 atom stereocenters. The van der Waals surface area contributed by atoms with Crippen LogP contribution in [0.25, 0.3) is 0 Å². The number of rotatable bonds is 3. The molecule has 1 N–H and O–H groups in total. The number of aryl methyl sites for hydroxylation is 1. The monoisotopic (exact) mass is 246 g/mol. The number of hydrogen-bond donors (Lipinski definition) is 1. The lowest BCUT2D eigenvalue weighted by Crippen LogP contribution is -1.98. The average molecular weight is 247 g/mol. The quantitative estimate of drug-likeness (QED) is 0.811. The normalized spacial score (nSPS) is 12.2. The standard InChI is InChI=1S/C14H15ClN2/c1-10-7-8-16-14(9-10)17-13-6-4-3-5-12(13)11(2)15/h3-9,11H,1-2H3,(H,16,17). The summed E-state index contributed by atoms with van der Waals surface area (Å²) in [7, 11) is 0. The van der Waals surface area contributed by atoms with Gasteiger partial charge in [0.2, 0.25) is 0 Å². The lowest BCUT2D eigenvalue weighted by atomic mass is 10.1. The van der Waals surface area contributed by atoms with Crippen LogP contribution >= 0.6 is 11.6 Å². The van der Waals surface area contributed by atoms with Crippen molar-refractivity contribution in [1.29, 1.82) is 0 Å². The van der Waals surface area contributed by atoms with Gasteiger partial charge in [0.1, 0.15) is 5.82 Å². The zero-order valence-corrected chi connectivity index (χ0v) is 10.7. The molecule has 2 nitrogen and oxygen atoms in total. The molecule has 17 heavy (non-hydrogen) atoms. The van der Waals surface area contributed by atoms with E-state index in [2.05, 4.69) is 10.3 Å². The molecule has 2 aromatic rings. The molecule has 88 valence electrons. The summed E-state index contributed by atoms with van der Waals surface area (Å²) in [5.41, 5.74) is 3.27. The molecule has 0 bridgehead atoms. The Labute approximate surface area is 107 Å². The molecule has 1 aromatic carbocycles. The second-order valence-corrected chi connectivity index (χ2v) is 4.70. The van der Waals surface area contributed by atoms with Crippen LogP contribution in [0.1, 0.15) is 23.4 Å². The van der Waals surface area contributed by atoms with Gasteiger partial charge in [0.05, 0.1) is 5.38 Å². The van der Waals surface area contributed by atoms with Gasteiger partial charge < -0.3 is 5.32 Å². The molecule has 0 fully saturated rings. The molecule has 0 amide bonds. The fourth-order valence-electron chi connectivity index (χ4n) is 1.70. The summed E-state index contributed by atoms with van der Waals surface area (Å²) in [6.07, 6.45) is 1.80. The molecule has 3 heteroatoms. The zero-order chi connectivity index (χ0) is 12.3. The van der Waals surface area contributed by atoms with Gasteiger partial charge in [0.25, 0.3) is 0 Å². The first-order valence-corrected chi connectivity index (χ1v) is 6.03. The van der Waals surface area contributed by atoms with E-state index >= 15 is 0 Å². The van der Waals surface area contributed by atoms with Gasteiger partial charge in [-0.3, -0.25) is 0 Å². The van der Waals surface area contributed by atoms with Crippen molar-refractivity contribution in [3.8, 4) is 0 Å². The lowest BCUT2D eigenvalue weighted by Gasteiger charge is -2.13. The Kier molecular flexibility index (Phi) is 3.64. The molecule has 1 unspecified atom stereocenters. The lowest BCUT2D eigenvalue weighted by molar-refractivity contribution is 1.08. The fourth-order valence-corrected chi connectivity index (χ4v) is 1.89. The third kappa shape index (κ3) is 2.98. The molecule has 0 aliphatic carbocycles. The summed E-state index contributed by atoms with van der Waals surface area (Å²) in [4.78, 5) is 4.28. The van der Waals surface area contributed by atoms with Crippen LogP contribution in [-0.4, -0.2) is 4.98 Å². The van der Waals surface area contributed by atoms with Crippen LogP contribution in [0.5, 0.6) is 0 Å². The van der Waals surface area contributed by atoms with Crippen molar-refractivity contribution >= 4 is 23.1 Å². The molecule has 1 aromatic heterocycles. The van der Waals surface area contributed by atoms with Crippen molar-refractivity contribution in [3.63, 3.8) is 0 Å². The van der Waals surface area contributed by atoms with E-state index in [1.165, 1.54) is 5.56 Å². The average Bonchev–Trinajstić information content (AvgIpc) is 2.29. The van der Waals surface area contributed by atoms with E-state index in [9.17, 15) is 0 Å². The van der Waals surface area contributed by atoms with Crippen LogP contribution in [0, 0.1) is 6.92 Å². The highest BCUT2D eigenvalue weighted by Crippen LogP contribution is 2.28. The van der Waals surface area contributed by atoms with Crippen molar-refractivity contribution in [2.75, 3.05) is 5.32 Å². The Hall–Kier alpha value is -1.54. The second kappa shape index (κ2) is 5.19. The summed E-state index contributed by atoms with van der Waals surface area (Å²) >= 11 is 6.15. The van der Waals surface area contributed by atoms with E-state index in [1.807, 2.05) is 50.2 Å². The fraction of sp³-hybridized carbons (Fsp3) is 0.214. The van der Waals surface area contributed by atoms with Gasteiger partial charge in [-0.1, -0.05) is 18.2 Å². The molecule has 0 aliphatic heterocycles. The third-order valence-corrected chi connectivity index (χ3v) is 2.80. The van der Waals surface area contributed by atoms with Gasteiger partial charge in [-0.15, -0.1) is 11.6 Å². The molecule has 1 heterocycles. The molecular formula is C14H15ClN2. The minimum atomic E-state index is -0.0245. The van der Waals surface area contributed by atoms with Crippen molar-refractivity contribution in [3.05, 3.63) is 53.7 Å². The highest BCUT2D eigenvalue weighted by Gasteiger charge is 2.07. The second-order valence-electron chi connectivity index (χ2n) is 4.05. The minimum absolute atomic E-state index is 0.0245. The van der Waals surface area contributed by atoms with Gasteiger partial charge in [0, 0.05) is 11.9 Å². The van der Waals surface area contributed by atoms with Crippen LogP contribution in [0.2, 0.25) is 0 Å². The molecule has 2 rings (SSSR count). The molecule has 0 aliphatic rings. The number of halogens is 1. The number of alkyl halides is 1. The highest BCUT2D eigenvalue weighted by molar-refractivity contribution is 6.21. The maximum absolute atomic E-state index is 6.15. The van der Waals surface area contributed by atoms with E-state index in [1.54, 1.807) is 6.20 Å². The Morgan fingerprint density at radius 3 is 2.71 bits per heavy atom. The predicted molar refractivity (Wildman–Crippen MR) is 73.0 cm³/mol. The molecule has 0 radical (unpaired) electrons. The van der Waals surface area contributed by atoms with Gasteiger partial charge in [0.15, 0.2) is 0 Å². The van der Waals surface area contributed by atoms with Crippen molar-refractivity contribution in [2.24, 2.45) is 0 Å². The molecular weight excluding hydrogens is 232 g/mol. The Balaban J connectivity index is 2.30. The third-order valence-electron chi connectivity index (χ3n) is 2.57. The summed E-state index contributed by atoms with van der Waals surface area (Å²) in [5.74, 6) is 0.842. The number of pyridine rings is 1. The number of nitrogens with one attached hydrogen (secondary N) is 1. The van der Waals surface area contributed by atoms with E-state index in [4.69, 9.17) is 11.6 Å². The molecule has 0 saturated carbocycles. The zero-order valence-electron chi connectivity index (χ0n) is 9.94. The van der Waals surface area contributed by atoms with Crippen molar-refractivity contribution < 1.29 is 0 Å². The molecule has 0 saturated heterocycles. The van der Waals surface area contributed by atoms with Gasteiger partial charge in [-0.05, 0) is 43.2 Å². The first-order chi connectivity index (χ1) is 8.16. The molecule has 0 spiro atoms. The number of anilines is 2. The van der Waals surface area contributed by atoms with Crippen LogP contribution in [0.3, 0.4) is 0 Å². The first kappa shape index (κ1) is 11.9. The Morgan fingerprint density at radius 1 is 1.24 bits per heavy atom. The summed E-state index contributed by atoms with van der Waals surface area (Å²) in [6, 6.07) is 12.0. The summed E-state index contributed by atoms with van der Waals surface area (Å²) in [5, 5.41) is 3.27. The van der Waals surface area contributed by atoms with E-state index in [-0.39, 0.29) is 5.38 Å². The van der Waals surface area contributed by atoms with Crippen LogP contribution in [0.4, 0.5) is 11.5 Å². The Morgan fingerprint density at radius 2 is 2.00 bits per heavy atom. The van der Waals surface area contributed by atoms with Crippen LogP contribution < -0.4 is 5.32 Å². The van der Waals surface area contributed by atoms with Gasteiger partial charge >= 0.3 is 0 Å². The largest absolute Gasteiger partial charge is 0.340 e. The number of nitrogens with zero attached hydrogens (tertiary/aromatic N) is 1. The van der Waals surface area contributed by atoms with E-state index in [0.717, 1.165) is 17.1 Å². The number of hydrogen-bond acceptors (Lipinski definition) is 2. The predicted octanol–water partition coefficient (Wildman–Crippen LogP) is 4.43. The van der Waals surface area contributed by atoms with Crippen LogP contribution in [-0.2, 0) is 0 Å². The number of benzene rings is 1. The Bertz CT molecular complexity index is 509. The minimum Gasteiger partial charge on any atom is -0.340 e. The first-order valence-electron chi connectivity index (χ1n) is 5.59. The maximum Gasteiger partial charge on any atom is 0.130 e. The highest BCUT2D eigenvalue weighted by atomic mass is 35.5. The number of para-hydroxylation sites is 1. The maximum atomic E-state index is 6.15. The SMILES string of the molecule is Cc1ccnc(Nc2ccccc2C(C)Cl)c1. The van der Waals surface area contributed by atoms with Crippen molar-refractivity contribution in [2.45, 2.75) is 19.2 Å².